The number of imidazole rings is 2. The molecule has 410 valence electrons. The first-order valence-corrected chi connectivity index (χ1v) is 27.1. The van der Waals surface area contributed by atoms with Gasteiger partial charge in [-0.3, -0.25) is 9.13 Å². The minimum Gasteiger partial charge on any atom is -0.373 e. The lowest BCUT2D eigenvalue weighted by Gasteiger charge is -2.19. The van der Waals surface area contributed by atoms with E-state index < -0.39 is 0 Å². The quantitative estimate of drug-likeness (QED) is 0.102. The second-order valence-corrected chi connectivity index (χ2v) is 20.7. The van der Waals surface area contributed by atoms with Gasteiger partial charge < -0.3 is 20.0 Å². The highest BCUT2D eigenvalue weighted by molar-refractivity contribution is 6.32. The van der Waals surface area contributed by atoms with Crippen molar-refractivity contribution in [3.63, 3.8) is 0 Å². The molecule has 13 rings (SSSR count). The normalized spacial score (nSPS) is 13.1. The summed E-state index contributed by atoms with van der Waals surface area (Å²) in [6.45, 7) is 10.2. The molecule has 3 aliphatic heterocycles. The maximum Gasteiger partial charge on any atom is 0.225 e. The van der Waals surface area contributed by atoms with Crippen LogP contribution in [0.4, 0.5) is 53.5 Å². The molecule has 0 saturated heterocycles. The van der Waals surface area contributed by atoms with Crippen molar-refractivity contribution in [3.05, 3.63) is 217 Å². The lowest BCUT2D eigenvalue weighted by atomic mass is 10.1. The number of anilines is 7. The van der Waals surface area contributed by atoms with Crippen molar-refractivity contribution >= 4 is 75.1 Å². The molecule has 7 aromatic heterocycles. The molecule has 1 N–H and O–H groups in total. The fourth-order valence-corrected chi connectivity index (χ4v) is 10.9. The summed E-state index contributed by atoms with van der Waals surface area (Å²) in [7, 11) is 1.88. The zero-order valence-corrected chi connectivity index (χ0v) is 46.9. The molecule has 16 nitrogen and oxygen atoms in total. The summed E-state index contributed by atoms with van der Waals surface area (Å²) in [5.74, 6) is 5.49. The minimum atomic E-state index is -0.267. The van der Waals surface area contributed by atoms with Crippen LogP contribution < -0.4 is 20.0 Å². The van der Waals surface area contributed by atoms with E-state index in [2.05, 4.69) is 62.1 Å². The Morgan fingerprint density at radius 1 is 0.469 bits per heavy atom. The summed E-state index contributed by atoms with van der Waals surface area (Å²) in [5.41, 5.74) is 11.6. The van der Waals surface area contributed by atoms with Gasteiger partial charge in [-0.1, -0.05) is 35.3 Å². The Kier molecular flexibility index (Phi) is 15.7. The van der Waals surface area contributed by atoms with Gasteiger partial charge in [0.2, 0.25) is 5.28 Å². The number of pyridine rings is 2. The van der Waals surface area contributed by atoms with Gasteiger partial charge in [0, 0.05) is 98.1 Å². The molecule has 0 saturated carbocycles. The smallest absolute Gasteiger partial charge is 0.225 e. The van der Waals surface area contributed by atoms with Crippen molar-refractivity contribution in [2.75, 3.05) is 46.7 Å². The van der Waals surface area contributed by atoms with E-state index >= 15 is 0 Å². The molecule has 0 atom stereocenters. The average Bonchev–Trinajstić information content (AvgIpc) is 4.40. The number of benzene rings is 3. The van der Waals surface area contributed by atoms with E-state index in [0.29, 0.717) is 34.8 Å². The molecule has 10 heterocycles. The number of hydrogen-bond acceptors (Lipinski definition) is 14. The predicted molar refractivity (Wildman–Crippen MR) is 309 cm³/mol. The third-order valence-electron chi connectivity index (χ3n) is 13.9. The van der Waals surface area contributed by atoms with Crippen molar-refractivity contribution in [2.45, 2.75) is 59.8 Å². The number of rotatable bonds is 10. The first kappa shape index (κ1) is 54.4. The van der Waals surface area contributed by atoms with E-state index in [0.717, 1.165) is 141 Å². The van der Waals surface area contributed by atoms with Crippen molar-refractivity contribution in [2.24, 2.45) is 0 Å². The van der Waals surface area contributed by atoms with E-state index in [1.807, 2.05) is 73.6 Å². The van der Waals surface area contributed by atoms with Gasteiger partial charge in [0.25, 0.3) is 0 Å². The zero-order valence-electron chi connectivity index (χ0n) is 44.7. The fraction of sp³-hybridized carbons (Fsp3) is 0.220. The topological polar surface area (TPSA) is 161 Å². The number of aryl methyl sites for hydroxylation is 4. The molecule has 0 bridgehead atoms. The monoisotopic (exact) mass is 1150 g/mol. The first-order valence-electron chi connectivity index (χ1n) is 26.0. The second kappa shape index (κ2) is 23.3. The highest BCUT2D eigenvalue weighted by Gasteiger charge is 2.29. The van der Waals surface area contributed by atoms with Gasteiger partial charge in [0.1, 0.15) is 87.0 Å². The molecule has 0 unspecified atom stereocenters. The van der Waals surface area contributed by atoms with Gasteiger partial charge >= 0.3 is 0 Å². The highest BCUT2D eigenvalue weighted by atomic mass is 35.5. The summed E-state index contributed by atoms with van der Waals surface area (Å²) in [6, 6.07) is 23.4. The Bertz CT molecular complexity index is 3930. The zero-order chi connectivity index (χ0) is 56.5. The van der Waals surface area contributed by atoms with Gasteiger partial charge in [-0.25, -0.2) is 58.0 Å². The third-order valence-corrected chi connectivity index (χ3v) is 14.7. The summed E-state index contributed by atoms with van der Waals surface area (Å²) in [6.07, 6.45) is 14.6. The minimum absolute atomic E-state index is 0.118. The third kappa shape index (κ3) is 11.9. The Labute approximate surface area is 480 Å². The molecule has 0 radical (unpaired) electrons. The number of aromatic nitrogens is 12. The van der Waals surface area contributed by atoms with Crippen LogP contribution in [-0.2, 0) is 32.1 Å². The standard InChI is InChI=1S/C24H24FN7.C23H20ClFN6.C12H8Cl2FN3/c1-15-10-17(12-27-23(15)31-13-16(2)28-14-31)11-21-29-22(26-3)20-8-9-32(24(20)30-21)19-6-4-18(25)5-7-19;1-14-9-16(11-26-22(14)30-12-15(2)27-13-30)10-20-28-21(24)19-7-8-31(23(19)29-20)18-5-3-17(25)4-6-18;13-10-9-5-6-18(11(9)17-12(14)16-10)8-3-1-7(15)2-4-8/h4-7,10,12-14H,8-9,11H2,1-3H3,(H,26,29,30);3-6,9,11-13H,7-8,10H2,1-2H3;1-4H,5-6H2. The van der Waals surface area contributed by atoms with Crippen LogP contribution in [0.1, 0.15) is 62.0 Å². The molecule has 3 aromatic carbocycles. The molecular weight excluding hydrogens is 1100 g/mol. The number of fused-ring (bicyclic) bond motifs is 3. The Balaban J connectivity index is 0.000000133. The van der Waals surface area contributed by atoms with Crippen LogP contribution in [-0.4, -0.2) is 85.7 Å². The van der Waals surface area contributed by atoms with Crippen LogP contribution in [0.2, 0.25) is 15.6 Å². The number of nitrogens with zero attached hydrogens (tertiary/aromatic N) is 15. The van der Waals surface area contributed by atoms with Crippen molar-refractivity contribution in [1.82, 2.24) is 59.0 Å². The van der Waals surface area contributed by atoms with Crippen LogP contribution in [0.15, 0.2) is 122 Å². The van der Waals surface area contributed by atoms with E-state index in [1.165, 1.54) is 36.4 Å². The molecule has 22 heteroatoms. The summed E-state index contributed by atoms with van der Waals surface area (Å²) < 4.78 is 43.5. The lowest BCUT2D eigenvalue weighted by molar-refractivity contribution is 0.627. The summed E-state index contributed by atoms with van der Waals surface area (Å²) in [5, 5.41) is 4.19. The number of hydrogen-bond donors (Lipinski definition) is 1. The van der Waals surface area contributed by atoms with Crippen LogP contribution in [0, 0.1) is 45.1 Å². The Morgan fingerprint density at radius 3 is 1.27 bits per heavy atom. The largest absolute Gasteiger partial charge is 0.373 e. The Morgan fingerprint density at radius 2 is 0.864 bits per heavy atom. The highest BCUT2D eigenvalue weighted by Crippen LogP contribution is 2.39. The molecule has 10 aromatic rings. The van der Waals surface area contributed by atoms with E-state index in [9.17, 15) is 13.2 Å². The molecule has 0 spiro atoms. The Hall–Kier alpha value is -8.52. The second-order valence-electron chi connectivity index (χ2n) is 19.7. The van der Waals surface area contributed by atoms with E-state index in [4.69, 9.17) is 49.8 Å². The van der Waals surface area contributed by atoms with Gasteiger partial charge in [-0.2, -0.15) is 4.98 Å². The number of halogens is 6. The van der Waals surface area contributed by atoms with Crippen molar-refractivity contribution in [3.8, 4) is 11.6 Å². The summed E-state index contributed by atoms with van der Waals surface area (Å²) >= 11 is 18.3. The van der Waals surface area contributed by atoms with E-state index in [1.54, 1.807) is 49.1 Å². The van der Waals surface area contributed by atoms with Crippen LogP contribution in [0.25, 0.3) is 11.6 Å². The first-order chi connectivity index (χ1) is 39.1. The van der Waals surface area contributed by atoms with Gasteiger partial charge in [-0.15, -0.1) is 0 Å². The van der Waals surface area contributed by atoms with Gasteiger partial charge in [0.05, 0.1) is 11.4 Å². The predicted octanol–water partition coefficient (Wildman–Crippen LogP) is 12.5. The lowest BCUT2D eigenvalue weighted by Crippen LogP contribution is -2.15. The van der Waals surface area contributed by atoms with Crippen molar-refractivity contribution < 1.29 is 13.2 Å². The maximum atomic E-state index is 13.4. The SMILES string of the molecule is CNc1nc(Cc2cnc(-n3cnc(C)c3)c(C)c2)nc2c1CCN2c1ccc(F)cc1.Cc1cn(-c2ncc(Cc3nc(Cl)c4c(n3)N(c3ccc(F)cc3)CC4)cc2C)cn1.Fc1ccc(N2CCc3c(Cl)nc(Cl)nc32)cc1. The maximum absolute atomic E-state index is 13.4. The number of nitrogens with one attached hydrogen (secondary N) is 1. The molecule has 0 aliphatic carbocycles. The van der Waals surface area contributed by atoms with Crippen LogP contribution >= 0.6 is 34.8 Å². The van der Waals surface area contributed by atoms with Gasteiger partial charge in [0.15, 0.2) is 0 Å². The molecule has 81 heavy (non-hydrogen) atoms. The van der Waals surface area contributed by atoms with Gasteiger partial charge in [-0.05, 0) is 154 Å². The molecule has 0 fully saturated rings. The molecule has 0 amide bonds. The average molecular weight is 1150 g/mol. The van der Waals surface area contributed by atoms with E-state index in [-0.39, 0.29) is 22.7 Å². The molecule has 3 aliphatic rings. The van der Waals surface area contributed by atoms with Crippen LogP contribution in [0.3, 0.4) is 0 Å². The summed E-state index contributed by atoms with van der Waals surface area (Å²) in [4.78, 5) is 51.0. The molecular formula is C59H52Cl3F3N16. The van der Waals surface area contributed by atoms with Crippen LogP contribution in [0.5, 0.6) is 0 Å². The van der Waals surface area contributed by atoms with Crippen molar-refractivity contribution in [1.29, 1.82) is 0 Å². The fourth-order valence-electron chi connectivity index (χ4n) is 10.2.